The van der Waals surface area contributed by atoms with Crippen molar-refractivity contribution in [3.8, 4) is 5.75 Å². The number of methoxy groups -OCH3 is 1. The van der Waals surface area contributed by atoms with Crippen molar-refractivity contribution in [2.24, 2.45) is 0 Å². The average molecular weight is 482 g/mol. The number of nitrogens with zero attached hydrogens (tertiary/aromatic N) is 1. The molecule has 4 rings (SSSR count). The van der Waals surface area contributed by atoms with Crippen molar-refractivity contribution < 1.29 is 22.7 Å². The van der Waals surface area contributed by atoms with Crippen molar-refractivity contribution in [2.45, 2.75) is 11.3 Å². The molecule has 0 aliphatic carbocycles. The molecule has 0 aromatic heterocycles. The molecule has 1 saturated heterocycles. The van der Waals surface area contributed by atoms with E-state index in [2.05, 4.69) is 10.0 Å². The molecule has 0 bridgehead atoms. The summed E-state index contributed by atoms with van der Waals surface area (Å²) in [7, 11) is -2.53. The second-order valence-corrected chi connectivity index (χ2v) is 9.45. The summed E-state index contributed by atoms with van der Waals surface area (Å²) >= 11 is 0. The fourth-order valence-electron chi connectivity index (χ4n) is 3.79. The lowest BCUT2D eigenvalue weighted by molar-refractivity contribution is -0.115. The zero-order valence-electron chi connectivity index (χ0n) is 18.9. The van der Waals surface area contributed by atoms with E-state index in [1.54, 1.807) is 36.4 Å². The maximum Gasteiger partial charge on any atom is 0.264 e. The molecule has 3 aromatic rings. The number of amides is 1. The average Bonchev–Trinajstić information content (AvgIpc) is 2.85. The summed E-state index contributed by atoms with van der Waals surface area (Å²) in [5.41, 5.74) is 2.15. The predicted octanol–water partition coefficient (Wildman–Crippen LogP) is 3.51. The summed E-state index contributed by atoms with van der Waals surface area (Å²) in [6.45, 7) is 2.15. The number of ether oxygens (including phenoxy) is 2. The molecule has 34 heavy (non-hydrogen) atoms. The van der Waals surface area contributed by atoms with Crippen LogP contribution in [0.25, 0.3) is 0 Å². The third-order valence-corrected chi connectivity index (χ3v) is 6.84. The largest absolute Gasteiger partial charge is 0.495 e. The smallest absolute Gasteiger partial charge is 0.264 e. The zero-order chi connectivity index (χ0) is 24.0. The highest BCUT2D eigenvalue weighted by Gasteiger charge is 2.25. The number of hydrogen-bond acceptors (Lipinski definition) is 6. The van der Waals surface area contributed by atoms with Gasteiger partial charge in [-0.25, -0.2) is 8.42 Å². The second kappa shape index (κ2) is 10.6. The Morgan fingerprint density at radius 1 is 1.00 bits per heavy atom. The van der Waals surface area contributed by atoms with Gasteiger partial charge in [0.25, 0.3) is 10.0 Å². The van der Waals surface area contributed by atoms with Crippen LogP contribution in [-0.4, -0.2) is 47.7 Å². The number of sulfonamides is 1. The first-order valence-corrected chi connectivity index (χ1v) is 12.4. The number of carbonyl (C=O) groups is 1. The van der Waals surface area contributed by atoms with Crippen LogP contribution in [0.2, 0.25) is 0 Å². The normalized spacial score (nSPS) is 13.9. The van der Waals surface area contributed by atoms with Gasteiger partial charge in [0.1, 0.15) is 10.6 Å². The van der Waals surface area contributed by atoms with E-state index < -0.39 is 10.0 Å². The van der Waals surface area contributed by atoms with Gasteiger partial charge in [-0.15, -0.1) is 0 Å². The minimum Gasteiger partial charge on any atom is -0.495 e. The summed E-state index contributed by atoms with van der Waals surface area (Å²) in [5.74, 6) is 0.178. The minimum atomic E-state index is -4.01. The maximum atomic E-state index is 13.5. The van der Waals surface area contributed by atoms with E-state index in [4.69, 9.17) is 9.47 Å². The van der Waals surface area contributed by atoms with Crippen LogP contribution in [0.1, 0.15) is 5.56 Å². The van der Waals surface area contributed by atoms with E-state index in [0.717, 1.165) is 5.56 Å². The number of hydrogen-bond donors (Lipinski definition) is 2. The van der Waals surface area contributed by atoms with E-state index in [1.165, 1.54) is 13.2 Å². The van der Waals surface area contributed by atoms with Crippen molar-refractivity contribution in [1.82, 2.24) is 0 Å². The van der Waals surface area contributed by atoms with Crippen molar-refractivity contribution in [3.05, 3.63) is 78.4 Å². The van der Waals surface area contributed by atoms with Crippen LogP contribution in [0.5, 0.6) is 5.75 Å². The number of morpholine rings is 1. The minimum absolute atomic E-state index is 0.0674. The van der Waals surface area contributed by atoms with Gasteiger partial charge >= 0.3 is 0 Å². The third-order valence-electron chi connectivity index (χ3n) is 5.44. The topological polar surface area (TPSA) is 97.0 Å². The zero-order valence-corrected chi connectivity index (χ0v) is 19.7. The Bertz CT molecular complexity index is 1240. The molecule has 9 heteroatoms. The summed E-state index contributed by atoms with van der Waals surface area (Å²) < 4.78 is 40.4. The first-order chi connectivity index (χ1) is 16.5. The molecule has 0 unspecified atom stereocenters. The van der Waals surface area contributed by atoms with E-state index in [0.29, 0.717) is 49.1 Å². The molecule has 0 spiro atoms. The lowest BCUT2D eigenvalue weighted by atomic mass is 10.1. The van der Waals surface area contributed by atoms with E-state index >= 15 is 0 Å². The Kier molecular flexibility index (Phi) is 7.34. The van der Waals surface area contributed by atoms with Gasteiger partial charge in [-0.2, -0.15) is 0 Å². The van der Waals surface area contributed by atoms with Gasteiger partial charge in [-0.3, -0.25) is 9.52 Å². The van der Waals surface area contributed by atoms with Gasteiger partial charge in [0.15, 0.2) is 0 Å². The van der Waals surface area contributed by atoms with Crippen LogP contribution >= 0.6 is 0 Å². The number of rotatable bonds is 8. The van der Waals surface area contributed by atoms with Gasteiger partial charge in [0.2, 0.25) is 5.91 Å². The van der Waals surface area contributed by atoms with Gasteiger partial charge < -0.3 is 19.7 Å². The SMILES string of the molecule is COc1ccccc1NS(=O)(=O)c1cc(NC(=O)Cc2ccccc2)ccc1N1CCOCC1. The van der Waals surface area contributed by atoms with Crippen LogP contribution in [0.3, 0.4) is 0 Å². The molecule has 0 saturated carbocycles. The number of benzene rings is 3. The third kappa shape index (κ3) is 5.67. The molecule has 2 N–H and O–H groups in total. The Morgan fingerprint density at radius 3 is 2.44 bits per heavy atom. The Labute approximate surface area is 199 Å². The molecule has 3 aromatic carbocycles. The second-order valence-electron chi connectivity index (χ2n) is 7.80. The van der Waals surface area contributed by atoms with Crippen LogP contribution < -0.4 is 19.7 Å². The van der Waals surface area contributed by atoms with E-state index in [9.17, 15) is 13.2 Å². The van der Waals surface area contributed by atoms with Gasteiger partial charge in [-0.05, 0) is 35.9 Å². The summed E-state index contributed by atoms with van der Waals surface area (Å²) in [5, 5.41) is 2.82. The number of para-hydroxylation sites is 2. The summed E-state index contributed by atoms with van der Waals surface area (Å²) in [4.78, 5) is 14.6. The molecule has 0 atom stereocenters. The fourth-order valence-corrected chi connectivity index (χ4v) is 5.11. The van der Waals surface area contributed by atoms with Crippen LogP contribution in [0.4, 0.5) is 17.1 Å². The van der Waals surface area contributed by atoms with Crippen LogP contribution in [-0.2, 0) is 26.0 Å². The van der Waals surface area contributed by atoms with Crippen molar-refractivity contribution in [2.75, 3.05) is 48.4 Å². The van der Waals surface area contributed by atoms with Crippen molar-refractivity contribution in [3.63, 3.8) is 0 Å². The molecule has 1 amide bonds. The number of nitrogens with one attached hydrogen (secondary N) is 2. The highest BCUT2D eigenvalue weighted by molar-refractivity contribution is 7.93. The van der Waals surface area contributed by atoms with Crippen molar-refractivity contribution in [1.29, 1.82) is 0 Å². The predicted molar refractivity (Wildman–Crippen MR) is 132 cm³/mol. The Balaban J connectivity index is 1.65. The molecule has 1 aliphatic rings. The summed E-state index contributed by atoms with van der Waals surface area (Å²) in [6.07, 6.45) is 0.188. The first kappa shape index (κ1) is 23.6. The standard InChI is InChI=1S/C25H27N3O5S/c1-32-23-10-6-5-9-21(23)27-34(30,31)24-18-20(11-12-22(24)28-13-15-33-16-14-28)26-25(29)17-19-7-3-2-4-8-19/h2-12,18,27H,13-17H2,1H3,(H,26,29). The van der Waals surface area contributed by atoms with E-state index in [1.807, 2.05) is 35.2 Å². The highest BCUT2D eigenvalue weighted by atomic mass is 32.2. The lowest BCUT2D eigenvalue weighted by Gasteiger charge is -2.30. The number of carbonyl (C=O) groups excluding carboxylic acids is 1. The Hall–Kier alpha value is -3.56. The van der Waals surface area contributed by atoms with Gasteiger partial charge in [-0.1, -0.05) is 42.5 Å². The molecule has 0 radical (unpaired) electrons. The van der Waals surface area contributed by atoms with Gasteiger partial charge in [0, 0.05) is 18.8 Å². The molecular formula is C25H27N3O5S. The highest BCUT2D eigenvalue weighted by Crippen LogP contribution is 2.33. The monoisotopic (exact) mass is 481 g/mol. The van der Waals surface area contributed by atoms with E-state index in [-0.39, 0.29) is 17.2 Å². The quantitative estimate of drug-likeness (QED) is 0.511. The van der Waals surface area contributed by atoms with Crippen LogP contribution in [0.15, 0.2) is 77.7 Å². The molecular weight excluding hydrogens is 454 g/mol. The van der Waals surface area contributed by atoms with Crippen LogP contribution in [0, 0.1) is 0 Å². The maximum absolute atomic E-state index is 13.5. The first-order valence-electron chi connectivity index (χ1n) is 10.9. The Morgan fingerprint density at radius 2 is 1.71 bits per heavy atom. The molecule has 178 valence electrons. The molecule has 1 fully saturated rings. The fraction of sp³-hybridized carbons (Fsp3) is 0.240. The molecule has 1 heterocycles. The number of anilines is 3. The van der Waals surface area contributed by atoms with Crippen molar-refractivity contribution >= 4 is 33.0 Å². The van der Waals surface area contributed by atoms with Gasteiger partial charge in [0.05, 0.1) is 38.1 Å². The molecule has 8 nitrogen and oxygen atoms in total. The molecule has 1 aliphatic heterocycles. The lowest BCUT2D eigenvalue weighted by Crippen LogP contribution is -2.37. The summed E-state index contributed by atoms with van der Waals surface area (Å²) in [6, 6.07) is 21.1.